The van der Waals surface area contributed by atoms with E-state index in [1.54, 1.807) is 19.3 Å². The zero-order valence-electron chi connectivity index (χ0n) is 17.7. The number of amides is 2. The summed E-state index contributed by atoms with van der Waals surface area (Å²) < 4.78 is 18.9. The summed E-state index contributed by atoms with van der Waals surface area (Å²) in [5, 5.41) is 2.75. The molecule has 0 bridgehead atoms. The fraction of sp³-hybridized carbons (Fsp3) is 0.333. The van der Waals surface area contributed by atoms with Gasteiger partial charge < -0.3 is 15.0 Å². The van der Waals surface area contributed by atoms with Crippen LogP contribution in [0.4, 0.5) is 4.39 Å². The van der Waals surface area contributed by atoms with Crippen molar-refractivity contribution in [2.75, 3.05) is 39.8 Å². The van der Waals surface area contributed by atoms with Gasteiger partial charge in [0.2, 0.25) is 11.8 Å². The molecule has 1 fully saturated rings. The minimum atomic E-state index is -0.287. The second kappa shape index (κ2) is 11.3. The predicted octanol–water partition coefficient (Wildman–Crippen LogP) is 2.70. The van der Waals surface area contributed by atoms with Crippen LogP contribution in [0.3, 0.4) is 0 Å². The van der Waals surface area contributed by atoms with Gasteiger partial charge in [0.05, 0.1) is 7.11 Å². The number of nitrogens with zero attached hydrogens (tertiary/aromatic N) is 2. The Morgan fingerprint density at radius 1 is 1.10 bits per heavy atom. The third-order valence-electron chi connectivity index (χ3n) is 5.23. The largest absolute Gasteiger partial charge is 0.496 e. The number of methoxy groups -OCH3 is 1. The molecular formula is C24H28FN3O3. The number of ether oxygens (including phenoxy) is 1. The Morgan fingerprint density at radius 2 is 1.84 bits per heavy atom. The third-order valence-corrected chi connectivity index (χ3v) is 5.23. The molecule has 1 saturated heterocycles. The molecule has 0 aliphatic carbocycles. The Balaban J connectivity index is 1.38. The number of benzene rings is 2. The average molecular weight is 426 g/mol. The Hall–Kier alpha value is -3.19. The molecule has 1 aliphatic heterocycles. The summed E-state index contributed by atoms with van der Waals surface area (Å²) in [6.45, 7) is 3.51. The maximum Gasteiger partial charge on any atom is 0.244 e. The van der Waals surface area contributed by atoms with E-state index in [1.807, 2.05) is 35.2 Å². The van der Waals surface area contributed by atoms with Crippen LogP contribution in [0.15, 0.2) is 54.6 Å². The fourth-order valence-corrected chi connectivity index (χ4v) is 3.51. The van der Waals surface area contributed by atoms with Crippen LogP contribution in [0.5, 0.6) is 5.75 Å². The molecule has 1 aliphatic rings. The van der Waals surface area contributed by atoms with Gasteiger partial charge >= 0.3 is 0 Å². The van der Waals surface area contributed by atoms with Crippen LogP contribution in [-0.2, 0) is 16.1 Å². The number of rotatable bonds is 8. The van der Waals surface area contributed by atoms with Gasteiger partial charge in [0.25, 0.3) is 0 Å². The van der Waals surface area contributed by atoms with E-state index in [-0.39, 0.29) is 24.1 Å². The number of hydrogen-bond donors (Lipinski definition) is 1. The topological polar surface area (TPSA) is 61.9 Å². The van der Waals surface area contributed by atoms with Crippen LogP contribution in [0.1, 0.15) is 17.5 Å². The number of carbonyl (C=O) groups excluding carboxylic acids is 2. The van der Waals surface area contributed by atoms with Crippen molar-refractivity contribution in [2.45, 2.75) is 13.0 Å². The van der Waals surface area contributed by atoms with Crippen molar-refractivity contribution in [1.82, 2.24) is 15.1 Å². The Kier molecular flexibility index (Phi) is 8.18. The van der Waals surface area contributed by atoms with Crippen molar-refractivity contribution in [3.05, 3.63) is 71.6 Å². The van der Waals surface area contributed by atoms with Gasteiger partial charge in [0.15, 0.2) is 0 Å². The zero-order chi connectivity index (χ0) is 22.1. The highest BCUT2D eigenvalue weighted by molar-refractivity contribution is 5.92. The number of nitrogens with one attached hydrogen (secondary N) is 1. The molecule has 6 nitrogen and oxygen atoms in total. The van der Waals surface area contributed by atoms with E-state index in [4.69, 9.17) is 4.74 Å². The first-order valence-corrected chi connectivity index (χ1v) is 10.4. The molecule has 0 unspecified atom stereocenters. The molecule has 0 spiro atoms. The average Bonchev–Trinajstić information content (AvgIpc) is 2.79. The Bertz CT molecular complexity index is 910. The normalized spacial score (nSPS) is 14.6. The molecular weight excluding hydrogens is 397 g/mol. The molecule has 1 N–H and O–H groups in total. The summed E-state index contributed by atoms with van der Waals surface area (Å²) in [6.07, 6.45) is 3.48. The first-order chi connectivity index (χ1) is 15.0. The second-order valence-electron chi connectivity index (χ2n) is 7.40. The summed E-state index contributed by atoms with van der Waals surface area (Å²) in [7, 11) is 1.57. The van der Waals surface area contributed by atoms with Crippen molar-refractivity contribution in [2.24, 2.45) is 0 Å². The molecule has 3 rings (SSSR count). The smallest absolute Gasteiger partial charge is 0.244 e. The van der Waals surface area contributed by atoms with E-state index in [0.29, 0.717) is 45.0 Å². The molecule has 0 atom stereocenters. The van der Waals surface area contributed by atoms with Crippen LogP contribution < -0.4 is 10.1 Å². The van der Waals surface area contributed by atoms with Crippen LogP contribution in [0.2, 0.25) is 0 Å². The third kappa shape index (κ3) is 6.93. The van der Waals surface area contributed by atoms with Gasteiger partial charge in [0.1, 0.15) is 11.6 Å². The number of halogens is 1. The van der Waals surface area contributed by atoms with E-state index in [2.05, 4.69) is 10.2 Å². The maximum absolute atomic E-state index is 13.6. The predicted molar refractivity (Wildman–Crippen MR) is 118 cm³/mol. The van der Waals surface area contributed by atoms with E-state index in [0.717, 1.165) is 11.1 Å². The standard InChI is InChI=1S/C24H28FN3O3/c1-31-22-9-8-21(25)17-20(22)18-27-13-15-28(16-14-27)24(30)11-12-26-23(29)10-7-19-5-3-2-4-6-19/h2-10,17H,11-16,18H2,1H3,(H,26,29)/b10-7+. The summed E-state index contributed by atoms with van der Waals surface area (Å²) in [5.74, 6) is 0.183. The minimum Gasteiger partial charge on any atom is -0.496 e. The SMILES string of the molecule is COc1ccc(F)cc1CN1CCN(C(=O)CCNC(=O)/C=C/c2ccccc2)CC1. The zero-order valence-corrected chi connectivity index (χ0v) is 17.7. The highest BCUT2D eigenvalue weighted by atomic mass is 19.1. The fourth-order valence-electron chi connectivity index (χ4n) is 3.51. The minimum absolute atomic E-state index is 0.0234. The lowest BCUT2D eigenvalue weighted by Gasteiger charge is -2.35. The molecule has 1 heterocycles. The van der Waals surface area contributed by atoms with Crippen LogP contribution >= 0.6 is 0 Å². The molecule has 0 radical (unpaired) electrons. The van der Waals surface area contributed by atoms with Crippen molar-refractivity contribution in [3.8, 4) is 5.75 Å². The number of carbonyl (C=O) groups is 2. The molecule has 2 aromatic rings. The van der Waals surface area contributed by atoms with Gasteiger partial charge in [-0.25, -0.2) is 4.39 Å². The Labute approximate surface area is 182 Å². The van der Waals surface area contributed by atoms with Gasteiger partial charge in [-0.15, -0.1) is 0 Å². The first kappa shape index (κ1) is 22.5. The summed E-state index contributed by atoms with van der Waals surface area (Å²) >= 11 is 0. The highest BCUT2D eigenvalue weighted by Gasteiger charge is 2.21. The van der Waals surface area contributed by atoms with Crippen molar-refractivity contribution >= 4 is 17.9 Å². The number of piperazine rings is 1. The van der Waals surface area contributed by atoms with Gasteiger partial charge in [0, 0.05) is 57.3 Å². The van der Waals surface area contributed by atoms with Crippen molar-refractivity contribution < 1.29 is 18.7 Å². The molecule has 0 aromatic heterocycles. The summed E-state index contributed by atoms with van der Waals surface area (Å²) in [5.41, 5.74) is 1.75. The number of hydrogen-bond acceptors (Lipinski definition) is 4. The summed E-state index contributed by atoms with van der Waals surface area (Å²) in [4.78, 5) is 28.3. The lowest BCUT2D eigenvalue weighted by Crippen LogP contribution is -2.48. The van der Waals surface area contributed by atoms with Gasteiger partial charge in [-0.05, 0) is 29.8 Å². The van der Waals surface area contributed by atoms with Gasteiger partial charge in [-0.2, -0.15) is 0 Å². The molecule has 7 heteroatoms. The maximum atomic E-state index is 13.6. The highest BCUT2D eigenvalue weighted by Crippen LogP contribution is 2.21. The van der Waals surface area contributed by atoms with E-state index < -0.39 is 0 Å². The Morgan fingerprint density at radius 3 is 2.55 bits per heavy atom. The van der Waals surface area contributed by atoms with Crippen molar-refractivity contribution in [3.63, 3.8) is 0 Å². The van der Waals surface area contributed by atoms with Gasteiger partial charge in [-0.1, -0.05) is 30.3 Å². The molecule has 2 amide bonds. The van der Waals surface area contributed by atoms with Crippen LogP contribution in [-0.4, -0.2) is 61.4 Å². The van der Waals surface area contributed by atoms with E-state index >= 15 is 0 Å². The quantitative estimate of drug-likeness (QED) is 0.661. The summed E-state index contributed by atoms with van der Waals surface area (Å²) in [6, 6.07) is 14.1. The second-order valence-corrected chi connectivity index (χ2v) is 7.40. The molecule has 31 heavy (non-hydrogen) atoms. The van der Waals surface area contributed by atoms with Gasteiger partial charge in [-0.3, -0.25) is 14.5 Å². The van der Waals surface area contributed by atoms with E-state index in [9.17, 15) is 14.0 Å². The monoisotopic (exact) mass is 425 g/mol. The van der Waals surface area contributed by atoms with E-state index in [1.165, 1.54) is 18.2 Å². The van der Waals surface area contributed by atoms with Crippen molar-refractivity contribution in [1.29, 1.82) is 0 Å². The van der Waals surface area contributed by atoms with Crippen LogP contribution in [0, 0.1) is 5.82 Å². The lowest BCUT2D eigenvalue weighted by molar-refractivity contribution is -0.133. The molecule has 2 aromatic carbocycles. The molecule has 164 valence electrons. The molecule has 0 saturated carbocycles. The first-order valence-electron chi connectivity index (χ1n) is 10.4. The van der Waals surface area contributed by atoms with Crippen LogP contribution in [0.25, 0.3) is 6.08 Å². The lowest BCUT2D eigenvalue weighted by atomic mass is 10.1.